The van der Waals surface area contributed by atoms with Crippen molar-refractivity contribution in [3.8, 4) is 0 Å². The Morgan fingerprint density at radius 3 is 1.79 bits per heavy atom. The van der Waals surface area contributed by atoms with E-state index in [0.717, 1.165) is 0 Å². The van der Waals surface area contributed by atoms with E-state index in [0.29, 0.717) is 6.04 Å². The summed E-state index contributed by atoms with van der Waals surface area (Å²) in [6.07, 6.45) is 4.53. The van der Waals surface area contributed by atoms with E-state index < -0.39 is 0 Å². The van der Waals surface area contributed by atoms with Crippen molar-refractivity contribution in [3.05, 3.63) is 34.7 Å². The standard InChI is InChI=1S/C13H21N/c1-9(2)13-7-11(5)14(10(3)4)12(6)8-13/h7-8,10H,1-6H3. The van der Waals surface area contributed by atoms with Gasteiger partial charge < -0.3 is 4.90 Å². The summed E-state index contributed by atoms with van der Waals surface area (Å²) in [6.45, 7) is 13.1. The van der Waals surface area contributed by atoms with E-state index in [9.17, 15) is 0 Å². The summed E-state index contributed by atoms with van der Waals surface area (Å²) in [7, 11) is 0. The first kappa shape index (κ1) is 11.1. The third-order valence-electron chi connectivity index (χ3n) is 2.58. The van der Waals surface area contributed by atoms with Crippen LogP contribution in [0, 0.1) is 0 Å². The normalized spacial score (nSPS) is 17.1. The Morgan fingerprint density at radius 1 is 1.07 bits per heavy atom. The molecule has 1 heteroatoms. The number of rotatable bonds is 1. The van der Waals surface area contributed by atoms with E-state index in [2.05, 4.69) is 58.6 Å². The maximum absolute atomic E-state index is 2.37. The molecule has 0 spiro atoms. The molecular formula is C13H21N. The van der Waals surface area contributed by atoms with Crippen LogP contribution in [0.15, 0.2) is 34.7 Å². The van der Waals surface area contributed by atoms with E-state index in [1.807, 2.05) is 0 Å². The van der Waals surface area contributed by atoms with Gasteiger partial charge in [-0.05, 0) is 59.3 Å². The van der Waals surface area contributed by atoms with Gasteiger partial charge in [0.05, 0.1) is 0 Å². The quantitative estimate of drug-likeness (QED) is 0.608. The molecule has 1 rings (SSSR count). The predicted molar refractivity (Wildman–Crippen MR) is 62.9 cm³/mol. The van der Waals surface area contributed by atoms with Crippen molar-refractivity contribution in [2.75, 3.05) is 0 Å². The van der Waals surface area contributed by atoms with Crippen molar-refractivity contribution in [1.29, 1.82) is 0 Å². The van der Waals surface area contributed by atoms with Crippen LogP contribution < -0.4 is 0 Å². The number of hydrogen-bond acceptors (Lipinski definition) is 1. The van der Waals surface area contributed by atoms with Gasteiger partial charge in [0, 0.05) is 17.4 Å². The minimum atomic E-state index is 0.543. The van der Waals surface area contributed by atoms with Gasteiger partial charge in [0.15, 0.2) is 0 Å². The van der Waals surface area contributed by atoms with Crippen LogP contribution in [0.4, 0.5) is 0 Å². The molecule has 0 fully saturated rings. The molecule has 1 nitrogen and oxygen atoms in total. The van der Waals surface area contributed by atoms with Crippen molar-refractivity contribution in [3.63, 3.8) is 0 Å². The predicted octanol–water partition coefficient (Wildman–Crippen LogP) is 3.85. The van der Waals surface area contributed by atoms with Crippen molar-refractivity contribution in [2.24, 2.45) is 0 Å². The fourth-order valence-corrected chi connectivity index (χ4v) is 2.01. The van der Waals surface area contributed by atoms with Gasteiger partial charge in [0.2, 0.25) is 0 Å². The van der Waals surface area contributed by atoms with E-state index in [1.54, 1.807) is 0 Å². The molecule has 0 N–H and O–H groups in total. The van der Waals surface area contributed by atoms with Crippen molar-refractivity contribution in [2.45, 2.75) is 47.6 Å². The Hall–Kier alpha value is -0.980. The molecule has 1 heterocycles. The average molecular weight is 191 g/mol. The summed E-state index contributed by atoms with van der Waals surface area (Å²) in [5.74, 6) is 0. The highest BCUT2D eigenvalue weighted by Gasteiger charge is 2.16. The van der Waals surface area contributed by atoms with Gasteiger partial charge in [-0.1, -0.05) is 5.57 Å². The fourth-order valence-electron chi connectivity index (χ4n) is 2.01. The molecule has 0 atom stereocenters. The topological polar surface area (TPSA) is 3.24 Å². The molecule has 0 unspecified atom stereocenters. The molecule has 0 bridgehead atoms. The first-order valence-electron chi connectivity index (χ1n) is 5.26. The summed E-state index contributed by atoms with van der Waals surface area (Å²) in [5.41, 5.74) is 5.43. The van der Waals surface area contributed by atoms with Crippen LogP contribution >= 0.6 is 0 Å². The number of hydrogen-bond donors (Lipinski definition) is 0. The zero-order valence-corrected chi connectivity index (χ0v) is 10.2. The second kappa shape index (κ2) is 4.04. The third-order valence-corrected chi connectivity index (χ3v) is 2.58. The smallest absolute Gasteiger partial charge is 0.0279 e. The minimum absolute atomic E-state index is 0.543. The zero-order chi connectivity index (χ0) is 10.9. The molecular weight excluding hydrogens is 170 g/mol. The number of nitrogens with zero attached hydrogens (tertiary/aromatic N) is 1. The van der Waals surface area contributed by atoms with Gasteiger partial charge in [-0.2, -0.15) is 0 Å². The SMILES string of the molecule is CC1=CC(=C(C)C)C=C(C)N1C(C)C. The summed E-state index contributed by atoms with van der Waals surface area (Å²) in [5, 5.41) is 0. The lowest BCUT2D eigenvalue weighted by atomic mass is 10.0. The highest BCUT2D eigenvalue weighted by Crippen LogP contribution is 2.26. The molecule has 1 aliphatic heterocycles. The Bertz CT molecular complexity index is 290. The highest BCUT2D eigenvalue weighted by atomic mass is 15.2. The van der Waals surface area contributed by atoms with E-state index >= 15 is 0 Å². The monoisotopic (exact) mass is 191 g/mol. The molecule has 0 saturated carbocycles. The molecule has 0 saturated heterocycles. The molecule has 0 aromatic carbocycles. The van der Waals surface area contributed by atoms with E-state index in [-0.39, 0.29) is 0 Å². The van der Waals surface area contributed by atoms with Crippen molar-refractivity contribution >= 4 is 0 Å². The molecule has 0 aromatic heterocycles. The Morgan fingerprint density at radius 2 is 1.50 bits per heavy atom. The largest absolute Gasteiger partial charge is 0.347 e. The summed E-state index contributed by atoms with van der Waals surface area (Å²) < 4.78 is 0. The molecule has 0 amide bonds. The van der Waals surface area contributed by atoms with Gasteiger partial charge in [-0.3, -0.25) is 0 Å². The minimum Gasteiger partial charge on any atom is -0.347 e. The van der Waals surface area contributed by atoms with Crippen LogP contribution in [0.2, 0.25) is 0 Å². The van der Waals surface area contributed by atoms with Crippen LogP contribution in [-0.4, -0.2) is 10.9 Å². The fraction of sp³-hybridized carbons (Fsp3) is 0.538. The number of allylic oxidation sites excluding steroid dienone is 6. The van der Waals surface area contributed by atoms with Gasteiger partial charge in [-0.15, -0.1) is 0 Å². The Kier molecular flexibility index (Phi) is 3.20. The zero-order valence-electron chi connectivity index (χ0n) is 10.2. The second-order valence-corrected chi connectivity index (χ2v) is 4.49. The molecule has 0 aliphatic carbocycles. The maximum Gasteiger partial charge on any atom is 0.0279 e. The van der Waals surface area contributed by atoms with Crippen LogP contribution in [0.5, 0.6) is 0 Å². The maximum atomic E-state index is 2.37. The second-order valence-electron chi connectivity index (χ2n) is 4.49. The molecule has 0 aromatic rings. The summed E-state index contributed by atoms with van der Waals surface area (Å²) in [6, 6.07) is 0.543. The average Bonchev–Trinajstić information content (AvgIpc) is 2.01. The van der Waals surface area contributed by atoms with Crippen LogP contribution in [-0.2, 0) is 0 Å². The Labute approximate surface area is 87.8 Å². The van der Waals surface area contributed by atoms with Gasteiger partial charge >= 0.3 is 0 Å². The van der Waals surface area contributed by atoms with E-state index in [1.165, 1.54) is 22.5 Å². The van der Waals surface area contributed by atoms with Crippen LogP contribution in [0.25, 0.3) is 0 Å². The first-order chi connectivity index (χ1) is 6.43. The van der Waals surface area contributed by atoms with Gasteiger partial charge in [-0.25, -0.2) is 0 Å². The lowest BCUT2D eigenvalue weighted by Gasteiger charge is -2.33. The van der Waals surface area contributed by atoms with Crippen LogP contribution in [0.3, 0.4) is 0 Å². The van der Waals surface area contributed by atoms with E-state index in [4.69, 9.17) is 0 Å². The molecule has 78 valence electrons. The summed E-state index contributed by atoms with van der Waals surface area (Å²) >= 11 is 0. The highest BCUT2D eigenvalue weighted by molar-refractivity contribution is 5.42. The summed E-state index contributed by atoms with van der Waals surface area (Å²) in [4.78, 5) is 2.37. The van der Waals surface area contributed by atoms with Crippen LogP contribution in [0.1, 0.15) is 41.5 Å². The molecule has 0 radical (unpaired) electrons. The molecule has 1 aliphatic rings. The van der Waals surface area contributed by atoms with Gasteiger partial charge in [0.25, 0.3) is 0 Å². The van der Waals surface area contributed by atoms with Gasteiger partial charge in [0.1, 0.15) is 0 Å². The lowest BCUT2D eigenvalue weighted by Crippen LogP contribution is -2.29. The third kappa shape index (κ3) is 2.09. The Balaban J connectivity index is 3.09. The lowest BCUT2D eigenvalue weighted by molar-refractivity contribution is 0.351. The van der Waals surface area contributed by atoms with Crippen molar-refractivity contribution < 1.29 is 0 Å². The first-order valence-corrected chi connectivity index (χ1v) is 5.26. The van der Waals surface area contributed by atoms with Crippen molar-refractivity contribution in [1.82, 2.24) is 4.90 Å². The molecule has 14 heavy (non-hydrogen) atoms.